The fourth-order valence-electron chi connectivity index (χ4n) is 2.29. The van der Waals surface area contributed by atoms with Crippen LogP contribution >= 0.6 is 0 Å². The molecular formula is C14H30O5. The third-order valence-corrected chi connectivity index (χ3v) is 3.72. The summed E-state index contributed by atoms with van der Waals surface area (Å²) in [5, 5.41) is 37.7. The van der Waals surface area contributed by atoms with Gasteiger partial charge in [-0.05, 0) is 12.8 Å². The highest BCUT2D eigenvalue weighted by Crippen LogP contribution is 2.27. The van der Waals surface area contributed by atoms with Gasteiger partial charge in [0, 0.05) is 10.8 Å². The van der Waals surface area contributed by atoms with E-state index in [0.29, 0.717) is 12.8 Å². The van der Waals surface area contributed by atoms with Crippen LogP contribution in [-0.2, 0) is 4.74 Å². The summed E-state index contributed by atoms with van der Waals surface area (Å²) < 4.78 is 5.59. The van der Waals surface area contributed by atoms with Crippen molar-refractivity contribution in [3.8, 4) is 0 Å². The fourth-order valence-corrected chi connectivity index (χ4v) is 2.29. The summed E-state index contributed by atoms with van der Waals surface area (Å²) >= 11 is 0. The van der Waals surface area contributed by atoms with Gasteiger partial charge in [0.15, 0.2) is 0 Å². The lowest BCUT2D eigenvalue weighted by molar-refractivity contribution is -0.0812. The van der Waals surface area contributed by atoms with E-state index in [4.69, 9.17) is 4.74 Å². The average Bonchev–Trinajstić information content (AvgIpc) is 2.45. The van der Waals surface area contributed by atoms with E-state index in [2.05, 4.69) is 0 Å². The van der Waals surface area contributed by atoms with Crippen LogP contribution in [0, 0.1) is 10.8 Å². The Labute approximate surface area is 116 Å². The third kappa shape index (κ3) is 5.75. The van der Waals surface area contributed by atoms with Gasteiger partial charge in [0.05, 0.1) is 39.6 Å². The van der Waals surface area contributed by atoms with Crippen LogP contribution in [-0.4, -0.2) is 60.1 Å². The Morgan fingerprint density at radius 1 is 0.684 bits per heavy atom. The molecule has 5 heteroatoms. The summed E-state index contributed by atoms with van der Waals surface area (Å²) in [4.78, 5) is 0. The van der Waals surface area contributed by atoms with Crippen molar-refractivity contribution in [1.82, 2.24) is 0 Å². The predicted octanol–water partition coefficient (Wildman–Crippen LogP) is 0.545. The summed E-state index contributed by atoms with van der Waals surface area (Å²) in [6.07, 6.45) is 3.06. The molecule has 0 spiro atoms. The normalized spacial score (nSPS) is 12.9. The Bertz CT molecular complexity index is 190. The van der Waals surface area contributed by atoms with Crippen LogP contribution in [0.25, 0.3) is 0 Å². The zero-order valence-electron chi connectivity index (χ0n) is 12.3. The Kier molecular flexibility index (Phi) is 9.56. The van der Waals surface area contributed by atoms with Gasteiger partial charge in [0.25, 0.3) is 0 Å². The van der Waals surface area contributed by atoms with Crippen LogP contribution in [0.15, 0.2) is 0 Å². The van der Waals surface area contributed by atoms with Gasteiger partial charge in [-0.3, -0.25) is 0 Å². The van der Waals surface area contributed by atoms with Gasteiger partial charge in [-0.25, -0.2) is 0 Å². The third-order valence-electron chi connectivity index (χ3n) is 3.72. The molecule has 0 aromatic heterocycles. The lowest BCUT2D eigenvalue weighted by Crippen LogP contribution is -2.39. The zero-order valence-corrected chi connectivity index (χ0v) is 12.3. The van der Waals surface area contributed by atoms with Crippen molar-refractivity contribution in [3.05, 3.63) is 0 Å². The molecule has 0 rings (SSSR count). The molecule has 0 aromatic rings. The van der Waals surface area contributed by atoms with Crippen molar-refractivity contribution in [2.45, 2.75) is 39.5 Å². The van der Waals surface area contributed by atoms with Crippen molar-refractivity contribution >= 4 is 0 Å². The Morgan fingerprint density at radius 3 is 1.21 bits per heavy atom. The second kappa shape index (κ2) is 9.66. The van der Waals surface area contributed by atoms with E-state index in [1.54, 1.807) is 0 Å². The van der Waals surface area contributed by atoms with Crippen molar-refractivity contribution in [2.75, 3.05) is 39.6 Å². The monoisotopic (exact) mass is 278 g/mol. The maximum Gasteiger partial charge on any atom is 0.0566 e. The standard InChI is InChI=1S/C14H30O5/c1-3-5-13(7-15,8-16)11-19-12-14(9-17,10-18)6-4-2/h15-18H,3-12H2,1-2H3. The van der Waals surface area contributed by atoms with Gasteiger partial charge in [-0.15, -0.1) is 0 Å². The van der Waals surface area contributed by atoms with Crippen LogP contribution in [0.2, 0.25) is 0 Å². The van der Waals surface area contributed by atoms with Gasteiger partial charge in [-0.2, -0.15) is 0 Å². The molecule has 0 saturated heterocycles. The first-order chi connectivity index (χ1) is 9.07. The lowest BCUT2D eigenvalue weighted by Gasteiger charge is -2.33. The summed E-state index contributed by atoms with van der Waals surface area (Å²) in [5.41, 5.74) is -1.25. The van der Waals surface area contributed by atoms with E-state index in [0.717, 1.165) is 12.8 Å². The number of hydrogen-bond acceptors (Lipinski definition) is 5. The fraction of sp³-hybridized carbons (Fsp3) is 1.00. The molecule has 116 valence electrons. The number of ether oxygens (including phenoxy) is 1. The summed E-state index contributed by atoms with van der Waals surface area (Å²) in [6, 6.07) is 0. The van der Waals surface area contributed by atoms with Gasteiger partial charge in [0.2, 0.25) is 0 Å². The van der Waals surface area contributed by atoms with Crippen LogP contribution in [0.4, 0.5) is 0 Å². The Balaban J connectivity index is 4.43. The molecule has 5 nitrogen and oxygen atoms in total. The summed E-state index contributed by atoms with van der Waals surface area (Å²) in [5.74, 6) is 0. The molecule has 0 aromatic carbocycles. The highest BCUT2D eigenvalue weighted by atomic mass is 16.5. The minimum atomic E-state index is -0.627. The van der Waals surface area contributed by atoms with Crippen LogP contribution < -0.4 is 0 Å². The summed E-state index contributed by atoms with van der Waals surface area (Å²) in [6.45, 7) is 3.93. The number of hydrogen-bond donors (Lipinski definition) is 4. The van der Waals surface area contributed by atoms with Crippen LogP contribution in [0.1, 0.15) is 39.5 Å². The van der Waals surface area contributed by atoms with E-state index in [1.807, 2.05) is 13.8 Å². The molecule has 0 heterocycles. The predicted molar refractivity (Wildman–Crippen MR) is 73.8 cm³/mol. The largest absolute Gasteiger partial charge is 0.396 e. The van der Waals surface area contributed by atoms with E-state index in [9.17, 15) is 20.4 Å². The number of aliphatic hydroxyl groups is 4. The lowest BCUT2D eigenvalue weighted by atomic mass is 9.84. The van der Waals surface area contributed by atoms with Gasteiger partial charge >= 0.3 is 0 Å². The van der Waals surface area contributed by atoms with E-state index < -0.39 is 10.8 Å². The number of aliphatic hydroxyl groups excluding tert-OH is 4. The quantitative estimate of drug-likeness (QED) is 0.418. The molecule has 0 radical (unpaired) electrons. The first kappa shape index (κ1) is 18.8. The molecular weight excluding hydrogens is 248 g/mol. The molecule has 0 aliphatic rings. The number of rotatable bonds is 12. The van der Waals surface area contributed by atoms with Gasteiger partial charge in [-0.1, -0.05) is 26.7 Å². The average molecular weight is 278 g/mol. The molecule has 0 fully saturated rings. The van der Waals surface area contributed by atoms with Gasteiger partial charge < -0.3 is 25.2 Å². The van der Waals surface area contributed by atoms with Crippen LogP contribution in [0.3, 0.4) is 0 Å². The highest BCUT2D eigenvalue weighted by molar-refractivity contribution is 4.80. The maximum atomic E-state index is 9.42. The van der Waals surface area contributed by atoms with Crippen molar-refractivity contribution in [1.29, 1.82) is 0 Å². The molecule has 0 atom stereocenters. The SMILES string of the molecule is CCCC(CO)(CO)COCC(CO)(CO)CCC. The molecule has 0 aliphatic heterocycles. The Morgan fingerprint density at radius 2 is 1.00 bits per heavy atom. The van der Waals surface area contributed by atoms with E-state index in [-0.39, 0.29) is 39.6 Å². The second-order valence-corrected chi connectivity index (χ2v) is 5.63. The van der Waals surface area contributed by atoms with Crippen molar-refractivity contribution < 1.29 is 25.2 Å². The Hall–Kier alpha value is -0.200. The zero-order chi connectivity index (χ0) is 14.8. The minimum Gasteiger partial charge on any atom is -0.396 e. The topological polar surface area (TPSA) is 90.2 Å². The van der Waals surface area contributed by atoms with Crippen molar-refractivity contribution in [2.24, 2.45) is 10.8 Å². The molecule has 4 N–H and O–H groups in total. The molecule has 0 saturated carbocycles. The van der Waals surface area contributed by atoms with E-state index in [1.165, 1.54) is 0 Å². The maximum absolute atomic E-state index is 9.42. The van der Waals surface area contributed by atoms with E-state index >= 15 is 0 Å². The molecule has 0 amide bonds. The highest BCUT2D eigenvalue weighted by Gasteiger charge is 2.32. The smallest absolute Gasteiger partial charge is 0.0566 e. The first-order valence-corrected chi connectivity index (χ1v) is 7.08. The molecule has 0 aliphatic carbocycles. The second-order valence-electron chi connectivity index (χ2n) is 5.63. The molecule has 0 unspecified atom stereocenters. The van der Waals surface area contributed by atoms with Crippen molar-refractivity contribution in [3.63, 3.8) is 0 Å². The first-order valence-electron chi connectivity index (χ1n) is 7.08. The minimum absolute atomic E-state index is 0.129. The summed E-state index contributed by atoms with van der Waals surface area (Å²) in [7, 11) is 0. The van der Waals surface area contributed by atoms with Gasteiger partial charge in [0.1, 0.15) is 0 Å². The molecule has 0 bridgehead atoms. The molecule has 19 heavy (non-hydrogen) atoms. The van der Waals surface area contributed by atoms with Crippen LogP contribution in [0.5, 0.6) is 0 Å².